The fourth-order valence-electron chi connectivity index (χ4n) is 6.89. The van der Waals surface area contributed by atoms with Crippen molar-refractivity contribution in [2.45, 2.75) is 194 Å². The van der Waals surface area contributed by atoms with Gasteiger partial charge in [-0.3, -0.25) is 0 Å². The van der Waals surface area contributed by atoms with E-state index >= 15 is 0 Å². The molecule has 0 aromatic carbocycles. The Morgan fingerprint density at radius 3 is 1.16 bits per heavy atom. The van der Waals surface area contributed by atoms with Crippen molar-refractivity contribution in [2.75, 3.05) is 20.1 Å². The predicted octanol–water partition coefficient (Wildman–Crippen LogP) is 14.1. The lowest BCUT2D eigenvalue weighted by molar-refractivity contribution is 0.00256. The van der Waals surface area contributed by atoms with Crippen molar-refractivity contribution in [1.82, 2.24) is 4.90 Å². The molecular weight excluding hydrogens is 518 g/mol. The van der Waals surface area contributed by atoms with Crippen LogP contribution in [-0.4, -0.2) is 25.0 Å². The Kier molecular flexibility index (Phi) is 28.7. The molecule has 1 rings (SSSR count). The summed E-state index contributed by atoms with van der Waals surface area (Å²) in [6.07, 6.45) is 57.4. The molecule has 43 heavy (non-hydrogen) atoms. The first-order valence-electron chi connectivity index (χ1n) is 19.5. The number of unbranched alkanes of at least 4 members (excludes halogenated alkanes) is 21. The average Bonchev–Trinajstić information content (AvgIpc) is 2.99. The number of rotatable bonds is 32. The van der Waals surface area contributed by atoms with Crippen LogP contribution in [-0.2, 0) is 0 Å². The van der Waals surface area contributed by atoms with Gasteiger partial charge in [-0.1, -0.05) is 172 Å². The standard InChI is InChI=1S/C42H77N/c1-4-6-8-10-12-14-16-18-20-22-24-26-28-30-32-34-36-38-42(40-43(3)41-42)39-37-35-33-31-29-27-25-23-21-19-17-15-13-11-9-7-5-2/h12-16,18-19,21H,4-11,17,20,22-41H2,1-3H3/b14-12-,15-13-,18-16+,21-19+. The van der Waals surface area contributed by atoms with E-state index in [9.17, 15) is 0 Å². The van der Waals surface area contributed by atoms with Crippen LogP contribution in [0.1, 0.15) is 194 Å². The number of likely N-dealkylation sites (tertiary alicyclic amines) is 1. The van der Waals surface area contributed by atoms with Crippen LogP contribution >= 0.6 is 0 Å². The zero-order valence-corrected chi connectivity index (χ0v) is 29.8. The second kappa shape index (κ2) is 30.9. The lowest BCUT2D eigenvalue weighted by Crippen LogP contribution is -2.54. The van der Waals surface area contributed by atoms with E-state index in [1.165, 1.54) is 186 Å². The SMILES string of the molecule is CCCCC/C=C\C=C\CCCCCCCCCCC1(CCCCCCCCC/C=C/C/C=C\CCCCC)CN(C)C1. The van der Waals surface area contributed by atoms with Gasteiger partial charge in [0.05, 0.1) is 0 Å². The van der Waals surface area contributed by atoms with Crippen LogP contribution in [0.3, 0.4) is 0 Å². The van der Waals surface area contributed by atoms with Crippen LogP contribution in [0.5, 0.6) is 0 Å². The van der Waals surface area contributed by atoms with Gasteiger partial charge in [-0.25, -0.2) is 0 Å². The molecule has 0 amide bonds. The van der Waals surface area contributed by atoms with Gasteiger partial charge in [0, 0.05) is 13.1 Å². The van der Waals surface area contributed by atoms with Gasteiger partial charge in [0.25, 0.3) is 0 Å². The highest BCUT2D eigenvalue weighted by Crippen LogP contribution is 2.40. The molecule has 0 unspecified atom stereocenters. The number of hydrogen-bond donors (Lipinski definition) is 0. The molecule has 1 aliphatic rings. The molecule has 250 valence electrons. The van der Waals surface area contributed by atoms with E-state index in [4.69, 9.17) is 0 Å². The lowest BCUT2D eigenvalue weighted by Gasteiger charge is -2.49. The van der Waals surface area contributed by atoms with Crippen LogP contribution in [0, 0.1) is 5.41 Å². The van der Waals surface area contributed by atoms with Crippen LogP contribution in [0.2, 0.25) is 0 Å². The highest BCUT2D eigenvalue weighted by Gasteiger charge is 2.39. The maximum Gasteiger partial charge on any atom is 0.00474 e. The minimum atomic E-state index is 0.671. The van der Waals surface area contributed by atoms with Gasteiger partial charge in [0.2, 0.25) is 0 Å². The first-order valence-corrected chi connectivity index (χ1v) is 19.5. The lowest BCUT2D eigenvalue weighted by atomic mass is 9.72. The van der Waals surface area contributed by atoms with Crippen molar-refractivity contribution in [3.8, 4) is 0 Å². The second-order valence-electron chi connectivity index (χ2n) is 14.1. The summed E-state index contributed by atoms with van der Waals surface area (Å²) in [4.78, 5) is 2.55. The summed E-state index contributed by atoms with van der Waals surface area (Å²) in [5.74, 6) is 0. The van der Waals surface area contributed by atoms with E-state index in [1.807, 2.05) is 0 Å². The Hall–Kier alpha value is -1.08. The third-order valence-electron chi connectivity index (χ3n) is 9.55. The van der Waals surface area contributed by atoms with Gasteiger partial charge in [-0.2, -0.15) is 0 Å². The van der Waals surface area contributed by atoms with E-state index in [2.05, 4.69) is 74.4 Å². The fraction of sp³-hybridized carbons (Fsp3) is 0.810. The third-order valence-corrected chi connectivity index (χ3v) is 9.55. The number of nitrogens with zero attached hydrogens (tertiary/aromatic N) is 1. The third kappa shape index (κ3) is 25.9. The molecule has 0 radical (unpaired) electrons. The molecule has 1 heteroatoms. The Bertz CT molecular complexity index is 677. The van der Waals surface area contributed by atoms with Crippen LogP contribution in [0.25, 0.3) is 0 Å². The van der Waals surface area contributed by atoms with Gasteiger partial charge in [-0.05, 0) is 83.1 Å². The fourth-order valence-corrected chi connectivity index (χ4v) is 6.89. The molecule has 1 fully saturated rings. The molecule has 0 bridgehead atoms. The Morgan fingerprint density at radius 2 is 0.767 bits per heavy atom. The Morgan fingerprint density at radius 1 is 0.419 bits per heavy atom. The Labute approximate surface area is 272 Å². The van der Waals surface area contributed by atoms with Crippen molar-refractivity contribution >= 4 is 0 Å². The molecule has 0 saturated carbocycles. The van der Waals surface area contributed by atoms with Gasteiger partial charge < -0.3 is 4.90 Å². The first kappa shape index (κ1) is 39.9. The summed E-state index contributed by atoms with van der Waals surface area (Å²) in [5, 5.41) is 0. The molecule has 0 aromatic heterocycles. The molecule has 0 N–H and O–H groups in total. The van der Waals surface area contributed by atoms with Crippen LogP contribution in [0.15, 0.2) is 48.6 Å². The summed E-state index contributed by atoms with van der Waals surface area (Å²) in [7, 11) is 2.32. The first-order chi connectivity index (χ1) is 21.2. The summed E-state index contributed by atoms with van der Waals surface area (Å²) in [6.45, 7) is 7.27. The van der Waals surface area contributed by atoms with Gasteiger partial charge >= 0.3 is 0 Å². The summed E-state index contributed by atoms with van der Waals surface area (Å²) < 4.78 is 0. The molecule has 1 nitrogen and oxygen atoms in total. The van der Waals surface area contributed by atoms with Crippen LogP contribution < -0.4 is 0 Å². The molecular formula is C42H77N. The highest BCUT2D eigenvalue weighted by atomic mass is 15.2. The molecule has 0 atom stereocenters. The second-order valence-corrected chi connectivity index (χ2v) is 14.1. The zero-order valence-electron chi connectivity index (χ0n) is 29.8. The topological polar surface area (TPSA) is 3.24 Å². The minimum absolute atomic E-state index is 0.671. The monoisotopic (exact) mass is 596 g/mol. The predicted molar refractivity (Wildman–Crippen MR) is 197 cm³/mol. The van der Waals surface area contributed by atoms with E-state index in [0.717, 1.165) is 6.42 Å². The van der Waals surface area contributed by atoms with Gasteiger partial charge in [0.1, 0.15) is 0 Å². The summed E-state index contributed by atoms with van der Waals surface area (Å²) in [5.41, 5.74) is 0.671. The van der Waals surface area contributed by atoms with Crippen molar-refractivity contribution in [2.24, 2.45) is 5.41 Å². The largest absolute Gasteiger partial charge is 0.305 e. The van der Waals surface area contributed by atoms with E-state index in [-0.39, 0.29) is 0 Å². The van der Waals surface area contributed by atoms with Gasteiger partial charge in [0.15, 0.2) is 0 Å². The van der Waals surface area contributed by atoms with E-state index in [1.54, 1.807) is 0 Å². The highest BCUT2D eigenvalue weighted by molar-refractivity contribution is 5.02. The molecule has 0 aliphatic carbocycles. The molecule has 0 aromatic rings. The molecule has 0 spiro atoms. The zero-order chi connectivity index (χ0) is 30.9. The van der Waals surface area contributed by atoms with Crippen molar-refractivity contribution < 1.29 is 0 Å². The quantitative estimate of drug-likeness (QED) is 0.0425. The van der Waals surface area contributed by atoms with E-state index in [0.29, 0.717) is 5.41 Å². The summed E-state index contributed by atoms with van der Waals surface area (Å²) >= 11 is 0. The number of allylic oxidation sites excluding steroid dienone is 8. The molecule has 1 heterocycles. The van der Waals surface area contributed by atoms with Crippen molar-refractivity contribution in [3.05, 3.63) is 48.6 Å². The van der Waals surface area contributed by atoms with Crippen molar-refractivity contribution in [3.63, 3.8) is 0 Å². The smallest absolute Gasteiger partial charge is 0.00474 e. The van der Waals surface area contributed by atoms with Crippen molar-refractivity contribution in [1.29, 1.82) is 0 Å². The average molecular weight is 596 g/mol. The summed E-state index contributed by atoms with van der Waals surface area (Å²) in [6, 6.07) is 0. The number of hydrogen-bond acceptors (Lipinski definition) is 1. The minimum Gasteiger partial charge on any atom is -0.305 e. The maximum absolute atomic E-state index is 2.55. The van der Waals surface area contributed by atoms with Crippen LogP contribution in [0.4, 0.5) is 0 Å². The molecule has 1 aliphatic heterocycles. The maximum atomic E-state index is 2.55. The normalized spacial score (nSPS) is 15.6. The van der Waals surface area contributed by atoms with Gasteiger partial charge in [-0.15, -0.1) is 0 Å². The molecule has 1 saturated heterocycles. The van der Waals surface area contributed by atoms with E-state index < -0.39 is 0 Å². The Balaban J connectivity index is 1.90.